The number of carbonyl (C=O) groups excluding carboxylic acids is 2. The number of benzene rings is 1. The highest BCUT2D eigenvalue weighted by Gasteiger charge is 2.42. The van der Waals surface area contributed by atoms with Crippen LogP contribution >= 0.6 is 0 Å². The first kappa shape index (κ1) is 20.4. The Morgan fingerprint density at radius 3 is 2.50 bits per heavy atom. The standard InChI is InChI=1S/C24H29N3O3/c1-24(2)12-17(13-24)22(29)26-11-9-19-18(14-26)15-27(23(30)20(19)21(25)28)10-8-16-6-4-3-5-7-16/h3-7,15,17H,8-14H2,1-2H3,(H2,25,28). The molecule has 1 aromatic carbocycles. The van der Waals surface area contributed by atoms with E-state index in [0.717, 1.165) is 24.0 Å². The van der Waals surface area contributed by atoms with E-state index in [2.05, 4.69) is 13.8 Å². The second-order valence-corrected chi connectivity index (χ2v) is 9.39. The summed E-state index contributed by atoms with van der Waals surface area (Å²) in [5.41, 5.74) is 8.26. The van der Waals surface area contributed by atoms with Gasteiger partial charge in [0.1, 0.15) is 5.56 Å². The van der Waals surface area contributed by atoms with Gasteiger partial charge in [0, 0.05) is 31.7 Å². The van der Waals surface area contributed by atoms with E-state index in [0.29, 0.717) is 38.0 Å². The summed E-state index contributed by atoms with van der Waals surface area (Å²) in [6.07, 6.45) is 4.82. The number of fused-ring (bicyclic) bond motifs is 1. The summed E-state index contributed by atoms with van der Waals surface area (Å²) < 4.78 is 1.58. The SMILES string of the molecule is CC1(C)CC(C(=O)N2CCc3c(cn(CCc4ccccc4)c(=O)c3C(N)=O)C2)C1. The van der Waals surface area contributed by atoms with Crippen molar-refractivity contribution in [3.05, 3.63) is 69.1 Å². The van der Waals surface area contributed by atoms with Crippen molar-refractivity contribution in [1.82, 2.24) is 9.47 Å². The van der Waals surface area contributed by atoms with Crippen LogP contribution in [-0.4, -0.2) is 27.8 Å². The summed E-state index contributed by atoms with van der Waals surface area (Å²) in [6.45, 7) is 5.79. The van der Waals surface area contributed by atoms with Crippen molar-refractivity contribution in [2.75, 3.05) is 6.54 Å². The van der Waals surface area contributed by atoms with E-state index in [1.807, 2.05) is 41.4 Å². The molecule has 6 heteroatoms. The molecule has 0 radical (unpaired) electrons. The molecule has 1 aliphatic carbocycles. The first-order valence-electron chi connectivity index (χ1n) is 10.6. The number of amides is 2. The minimum Gasteiger partial charge on any atom is -0.365 e. The summed E-state index contributed by atoms with van der Waals surface area (Å²) >= 11 is 0. The smallest absolute Gasteiger partial charge is 0.263 e. The molecule has 158 valence electrons. The summed E-state index contributed by atoms with van der Waals surface area (Å²) in [6, 6.07) is 9.91. The van der Waals surface area contributed by atoms with Gasteiger partial charge in [-0.1, -0.05) is 44.2 Å². The van der Waals surface area contributed by atoms with E-state index in [9.17, 15) is 14.4 Å². The minimum absolute atomic E-state index is 0.0810. The number of rotatable bonds is 5. The average molecular weight is 408 g/mol. The molecule has 4 rings (SSSR count). The van der Waals surface area contributed by atoms with Gasteiger partial charge in [0.15, 0.2) is 0 Å². The molecule has 30 heavy (non-hydrogen) atoms. The van der Waals surface area contributed by atoms with Gasteiger partial charge in [0.25, 0.3) is 11.5 Å². The fraction of sp³-hybridized carbons (Fsp3) is 0.458. The Bertz CT molecular complexity index is 1030. The van der Waals surface area contributed by atoms with Crippen LogP contribution in [0.2, 0.25) is 0 Å². The largest absolute Gasteiger partial charge is 0.365 e. The second kappa shape index (κ2) is 7.74. The lowest BCUT2D eigenvalue weighted by Gasteiger charge is -2.44. The highest BCUT2D eigenvalue weighted by molar-refractivity contribution is 5.94. The summed E-state index contributed by atoms with van der Waals surface area (Å²) in [5.74, 6) is -0.422. The van der Waals surface area contributed by atoms with Crippen LogP contribution in [0.25, 0.3) is 0 Å². The van der Waals surface area contributed by atoms with Gasteiger partial charge >= 0.3 is 0 Å². The van der Waals surface area contributed by atoms with Crippen molar-refractivity contribution < 1.29 is 9.59 Å². The first-order valence-corrected chi connectivity index (χ1v) is 10.6. The topological polar surface area (TPSA) is 85.4 Å². The highest BCUT2D eigenvalue weighted by Crippen LogP contribution is 2.45. The molecule has 0 bridgehead atoms. The lowest BCUT2D eigenvalue weighted by Crippen LogP contribution is -2.47. The maximum absolute atomic E-state index is 12.9. The second-order valence-electron chi connectivity index (χ2n) is 9.39. The predicted octanol–water partition coefficient (Wildman–Crippen LogP) is 2.51. The van der Waals surface area contributed by atoms with Crippen LogP contribution in [0, 0.1) is 11.3 Å². The quantitative estimate of drug-likeness (QED) is 0.826. The zero-order chi connectivity index (χ0) is 21.5. The summed E-state index contributed by atoms with van der Waals surface area (Å²) in [4.78, 5) is 39.8. The van der Waals surface area contributed by atoms with Crippen LogP contribution in [0.3, 0.4) is 0 Å². The number of hydrogen-bond donors (Lipinski definition) is 1. The van der Waals surface area contributed by atoms with E-state index in [4.69, 9.17) is 5.73 Å². The molecule has 0 spiro atoms. The maximum atomic E-state index is 12.9. The van der Waals surface area contributed by atoms with Crippen LogP contribution in [0.4, 0.5) is 0 Å². The number of carbonyl (C=O) groups is 2. The third kappa shape index (κ3) is 3.91. The fourth-order valence-electron chi connectivity index (χ4n) is 4.92. The van der Waals surface area contributed by atoms with Gasteiger partial charge in [-0.3, -0.25) is 14.4 Å². The number of hydrogen-bond acceptors (Lipinski definition) is 3. The number of aryl methyl sites for hydroxylation is 2. The van der Waals surface area contributed by atoms with E-state index < -0.39 is 5.91 Å². The van der Waals surface area contributed by atoms with Crippen molar-refractivity contribution in [2.45, 2.75) is 52.6 Å². The molecule has 2 aromatic rings. The normalized spacial score (nSPS) is 17.9. The Labute approximate surface area is 176 Å². The lowest BCUT2D eigenvalue weighted by atomic mass is 9.64. The van der Waals surface area contributed by atoms with E-state index in [-0.39, 0.29) is 28.4 Å². The number of primary amides is 1. The molecule has 1 aromatic heterocycles. The Morgan fingerprint density at radius 2 is 1.87 bits per heavy atom. The minimum atomic E-state index is -0.689. The molecule has 6 nitrogen and oxygen atoms in total. The Hall–Kier alpha value is -2.89. The van der Waals surface area contributed by atoms with Crippen LogP contribution in [0.1, 0.15) is 53.7 Å². The van der Waals surface area contributed by atoms with Crippen molar-refractivity contribution in [3.63, 3.8) is 0 Å². The summed E-state index contributed by atoms with van der Waals surface area (Å²) in [5, 5.41) is 0. The molecule has 0 saturated heterocycles. The molecule has 2 N–H and O–H groups in total. The Morgan fingerprint density at radius 1 is 1.17 bits per heavy atom. The molecule has 1 aliphatic heterocycles. The molecule has 1 fully saturated rings. The molecule has 0 unspecified atom stereocenters. The number of aromatic nitrogens is 1. The fourth-order valence-corrected chi connectivity index (χ4v) is 4.92. The van der Waals surface area contributed by atoms with Gasteiger partial charge in [-0.25, -0.2) is 0 Å². The molecular formula is C24H29N3O3. The van der Waals surface area contributed by atoms with Gasteiger partial charge in [-0.05, 0) is 47.8 Å². The summed E-state index contributed by atoms with van der Waals surface area (Å²) in [7, 11) is 0. The number of nitrogens with zero attached hydrogens (tertiary/aromatic N) is 2. The monoisotopic (exact) mass is 407 g/mol. The highest BCUT2D eigenvalue weighted by atomic mass is 16.2. The van der Waals surface area contributed by atoms with Gasteiger partial charge < -0.3 is 15.2 Å². The first-order chi connectivity index (χ1) is 14.2. The van der Waals surface area contributed by atoms with E-state index >= 15 is 0 Å². The Kier molecular flexibility index (Phi) is 5.26. The van der Waals surface area contributed by atoms with Gasteiger partial charge in [-0.2, -0.15) is 0 Å². The molecular weight excluding hydrogens is 378 g/mol. The van der Waals surface area contributed by atoms with Crippen molar-refractivity contribution >= 4 is 11.8 Å². The third-order valence-electron chi connectivity index (χ3n) is 6.46. The van der Waals surface area contributed by atoms with Crippen LogP contribution < -0.4 is 11.3 Å². The maximum Gasteiger partial charge on any atom is 0.263 e. The Balaban J connectivity index is 1.59. The number of pyridine rings is 1. The number of nitrogens with two attached hydrogens (primary N) is 1. The van der Waals surface area contributed by atoms with E-state index in [1.54, 1.807) is 4.57 Å². The molecule has 1 saturated carbocycles. The van der Waals surface area contributed by atoms with Crippen molar-refractivity contribution in [1.29, 1.82) is 0 Å². The van der Waals surface area contributed by atoms with Crippen molar-refractivity contribution in [3.8, 4) is 0 Å². The zero-order valence-corrected chi connectivity index (χ0v) is 17.7. The molecule has 2 heterocycles. The van der Waals surface area contributed by atoms with E-state index in [1.165, 1.54) is 0 Å². The van der Waals surface area contributed by atoms with Gasteiger partial charge in [0.05, 0.1) is 0 Å². The zero-order valence-electron chi connectivity index (χ0n) is 17.7. The van der Waals surface area contributed by atoms with Crippen LogP contribution in [0.15, 0.2) is 41.3 Å². The van der Waals surface area contributed by atoms with Gasteiger partial charge in [0.2, 0.25) is 5.91 Å². The predicted molar refractivity (Wildman–Crippen MR) is 115 cm³/mol. The van der Waals surface area contributed by atoms with Crippen LogP contribution in [-0.2, 0) is 30.7 Å². The van der Waals surface area contributed by atoms with Crippen molar-refractivity contribution in [2.24, 2.45) is 17.1 Å². The average Bonchev–Trinajstić information content (AvgIpc) is 2.70. The lowest BCUT2D eigenvalue weighted by molar-refractivity contribution is -0.143. The molecule has 2 aliphatic rings. The molecule has 0 atom stereocenters. The van der Waals surface area contributed by atoms with Crippen LogP contribution in [0.5, 0.6) is 0 Å². The molecule has 2 amide bonds. The van der Waals surface area contributed by atoms with Gasteiger partial charge in [-0.15, -0.1) is 0 Å². The third-order valence-corrected chi connectivity index (χ3v) is 6.46.